The Kier molecular flexibility index (Phi) is 4.92. The molecule has 0 aromatic heterocycles. The summed E-state index contributed by atoms with van der Waals surface area (Å²) in [6, 6.07) is 7.58. The van der Waals surface area contributed by atoms with E-state index in [9.17, 15) is 5.11 Å². The number of nitrogen functional groups attached to an aromatic ring is 1. The molecule has 0 aliphatic carbocycles. The summed E-state index contributed by atoms with van der Waals surface area (Å²) in [6.45, 7) is 5.05. The van der Waals surface area contributed by atoms with Crippen LogP contribution in [0.15, 0.2) is 24.3 Å². The number of benzene rings is 1. The Balaban J connectivity index is 1.95. The van der Waals surface area contributed by atoms with Crippen molar-refractivity contribution in [3.63, 3.8) is 0 Å². The number of para-hydroxylation sites is 1. The van der Waals surface area contributed by atoms with Crippen LogP contribution in [0.2, 0.25) is 0 Å². The molecule has 1 aliphatic heterocycles. The molecule has 0 bridgehead atoms. The zero-order chi connectivity index (χ0) is 13.0. The molecule has 2 rings (SSSR count). The molecule has 0 saturated carbocycles. The van der Waals surface area contributed by atoms with Crippen molar-refractivity contribution in [3.8, 4) is 0 Å². The van der Waals surface area contributed by atoms with Crippen LogP contribution in [0.1, 0.15) is 25.0 Å². The van der Waals surface area contributed by atoms with Crippen molar-refractivity contribution in [1.29, 1.82) is 0 Å². The van der Waals surface area contributed by atoms with Gasteiger partial charge in [0.1, 0.15) is 0 Å². The number of anilines is 1. The molecule has 0 spiro atoms. The molecule has 0 radical (unpaired) electrons. The minimum Gasteiger partial charge on any atom is -0.398 e. The van der Waals surface area contributed by atoms with Gasteiger partial charge in [-0.2, -0.15) is 11.8 Å². The number of aliphatic hydroxyl groups is 1. The van der Waals surface area contributed by atoms with Gasteiger partial charge in [-0.25, -0.2) is 0 Å². The van der Waals surface area contributed by atoms with Gasteiger partial charge < -0.3 is 10.8 Å². The van der Waals surface area contributed by atoms with Crippen LogP contribution in [0.3, 0.4) is 0 Å². The third-order valence-corrected chi connectivity index (χ3v) is 4.84. The minimum atomic E-state index is -0.480. The van der Waals surface area contributed by atoms with Crippen molar-refractivity contribution in [2.75, 3.05) is 31.1 Å². The van der Waals surface area contributed by atoms with Crippen LogP contribution in [0, 0.1) is 0 Å². The van der Waals surface area contributed by atoms with Gasteiger partial charge in [0, 0.05) is 41.9 Å². The average Bonchev–Trinajstić information content (AvgIpc) is 2.39. The first-order chi connectivity index (χ1) is 8.70. The number of thioether (sulfide) groups is 1. The molecule has 100 valence electrons. The first kappa shape index (κ1) is 13.7. The zero-order valence-electron chi connectivity index (χ0n) is 10.9. The van der Waals surface area contributed by atoms with Crippen LogP contribution in [0.5, 0.6) is 0 Å². The van der Waals surface area contributed by atoms with Crippen LogP contribution in [0.4, 0.5) is 5.69 Å². The van der Waals surface area contributed by atoms with Crippen LogP contribution >= 0.6 is 11.8 Å². The summed E-state index contributed by atoms with van der Waals surface area (Å²) in [5, 5.41) is 11.0. The second-order valence-electron chi connectivity index (χ2n) is 4.81. The Labute approximate surface area is 113 Å². The summed E-state index contributed by atoms with van der Waals surface area (Å²) in [4.78, 5) is 2.35. The maximum Gasteiger partial charge on any atom is 0.0936 e. The van der Waals surface area contributed by atoms with Crippen molar-refractivity contribution in [3.05, 3.63) is 29.8 Å². The van der Waals surface area contributed by atoms with E-state index in [2.05, 4.69) is 11.8 Å². The van der Waals surface area contributed by atoms with Crippen molar-refractivity contribution in [2.24, 2.45) is 0 Å². The van der Waals surface area contributed by atoms with Crippen LogP contribution in [-0.2, 0) is 0 Å². The van der Waals surface area contributed by atoms with E-state index in [0.717, 1.165) is 24.4 Å². The third kappa shape index (κ3) is 3.40. The fourth-order valence-electron chi connectivity index (χ4n) is 2.35. The SMILES string of the molecule is CCC1CN(CC(O)c2ccccc2N)CCS1. The van der Waals surface area contributed by atoms with Crippen molar-refractivity contribution < 1.29 is 5.11 Å². The van der Waals surface area contributed by atoms with Gasteiger partial charge in [-0.05, 0) is 12.5 Å². The monoisotopic (exact) mass is 266 g/mol. The summed E-state index contributed by atoms with van der Waals surface area (Å²) in [6.07, 6.45) is 0.719. The van der Waals surface area contributed by atoms with Gasteiger partial charge in [0.25, 0.3) is 0 Å². The first-order valence-corrected chi connectivity index (χ1v) is 7.62. The van der Waals surface area contributed by atoms with Crippen molar-refractivity contribution in [2.45, 2.75) is 24.7 Å². The highest BCUT2D eigenvalue weighted by molar-refractivity contribution is 8.00. The van der Waals surface area contributed by atoms with Crippen LogP contribution in [0.25, 0.3) is 0 Å². The van der Waals surface area contributed by atoms with E-state index in [4.69, 9.17) is 5.73 Å². The minimum absolute atomic E-state index is 0.480. The summed E-state index contributed by atoms with van der Waals surface area (Å²) < 4.78 is 0. The van der Waals surface area contributed by atoms with Gasteiger partial charge in [0.2, 0.25) is 0 Å². The molecule has 1 aromatic carbocycles. The lowest BCUT2D eigenvalue weighted by Gasteiger charge is -2.33. The number of nitrogens with two attached hydrogens (primary N) is 1. The second kappa shape index (κ2) is 6.45. The predicted molar refractivity (Wildman–Crippen MR) is 78.8 cm³/mol. The van der Waals surface area contributed by atoms with E-state index in [1.807, 2.05) is 36.0 Å². The van der Waals surface area contributed by atoms with Crippen LogP contribution in [-0.4, -0.2) is 40.6 Å². The topological polar surface area (TPSA) is 49.5 Å². The van der Waals surface area contributed by atoms with E-state index in [1.54, 1.807) is 0 Å². The Hall–Kier alpha value is -0.710. The molecule has 2 atom stereocenters. The highest BCUT2D eigenvalue weighted by Crippen LogP contribution is 2.25. The molecule has 1 saturated heterocycles. The third-order valence-electron chi connectivity index (χ3n) is 3.46. The fourth-order valence-corrected chi connectivity index (χ4v) is 3.60. The van der Waals surface area contributed by atoms with E-state index in [1.165, 1.54) is 6.42 Å². The van der Waals surface area contributed by atoms with E-state index in [-0.39, 0.29) is 0 Å². The average molecular weight is 266 g/mol. The summed E-state index contributed by atoms with van der Waals surface area (Å²) in [7, 11) is 0. The molecule has 3 N–H and O–H groups in total. The molecule has 4 heteroatoms. The molecule has 1 aliphatic rings. The normalized spacial score (nSPS) is 22.9. The molecule has 1 heterocycles. The first-order valence-electron chi connectivity index (χ1n) is 6.57. The molecular formula is C14H22N2OS. The van der Waals surface area contributed by atoms with Crippen LogP contribution < -0.4 is 5.73 Å². The molecule has 0 amide bonds. The number of hydrogen-bond donors (Lipinski definition) is 2. The lowest BCUT2D eigenvalue weighted by atomic mass is 10.1. The Morgan fingerprint density at radius 2 is 2.28 bits per heavy atom. The van der Waals surface area contributed by atoms with E-state index < -0.39 is 6.10 Å². The Morgan fingerprint density at radius 1 is 1.50 bits per heavy atom. The molecule has 2 unspecified atom stereocenters. The molecule has 1 aromatic rings. The lowest BCUT2D eigenvalue weighted by molar-refractivity contribution is 0.115. The smallest absolute Gasteiger partial charge is 0.0936 e. The van der Waals surface area contributed by atoms with Gasteiger partial charge in [-0.3, -0.25) is 4.90 Å². The number of rotatable bonds is 4. The maximum absolute atomic E-state index is 10.3. The summed E-state index contributed by atoms with van der Waals surface area (Å²) >= 11 is 2.05. The molecular weight excluding hydrogens is 244 g/mol. The van der Waals surface area contributed by atoms with Crippen molar-refractivity contribution in [1.82, 2.24) is 4.90 Å². The Bertz CT molecular complexity index is 386. The number of aliphatic hydroxyl groups excluding tert-OH is 1. The zero-order valence-corrected chi connectivity index (χ0v) is 11.7. The summed E-state index contributed by atoms with van der Waals surface area (Å²) in [5.74, 6) is 1.16. The fraction of sp³-hybridized carbons (Fsp3) is 0.571. The number of β-amino-alcohol motifs (C(OH)–C–C–N with tert-alkyl or cyclic N) is 1. The number of nitrogens with zero attached hydrogens (tertiary/aromatic N) is 1. The standard InChI is InChI=1S/C14H22N2OS/c1-2-11-9-16(7-8-18-11)10-14(17)12-5-3-4-6-13(12)15/h3-6,11,14,17H,2,7-10,15H2,1H3. The van der Waals surface area contributed by atoms with Crippen molar-refractivity contribution >= 4 is 17.4 Å². The highest BCUT2D eigenvalue weighted by atomic mass is 32.2. The van der Waals surface area contributed by atoms with E-state index in [0.29, 0.717) is 17.5 Å². The molecule has 3 nitrogen and oxygen atoms in total. The quantitative estimate of drug-likeness (QED) is 0.820. The molecule has 18 heavy (non-hydrogen) atoms. The van der Waals surface area contributed by atoms with E-state index >= 15 is 0 Å². The molecule has 1 fully saturated rings. The van der Waals surface area contributed by atoms with Gasteiger partial charge >= 0.3 is 0 Å². The van der Waals surface area contributed by atoms with Gasteiger partial charge in [-0.15, -0.1) is 0 Å². The predicted octanol–water partition coefficient (Wildman–Crippen LogP) is 2.13. The second-order valence-corrected chi connectivity index (χ2v) is 6.21. The number of hydrogen-bond acceptors (Lipinski definition) is 4. The maximum atomic E-state index is 10.3. The largest absolute Gasteiger partial charge is 0.398 e. The Morgan fingerprint density at radius 3 is 3.00 bits per heavy atom. The van der Waals surface area contributed by atoms with Gasteiger partial charge in [0.15, 0.2) is 0 Å². The summed E-state index contributed by atoms with van der Waals surface area (Å²) in [5.41, 5.74) is 7.43. The van der Waals surface area contributed by atoms with Gasteiger partial charge in [-0.1, -0.05) is 25.1 Å². The lowest BCUT2D eigenvalue weighted by Crippen LogP contribution is -2.40. The van der Waals surface area contributed by atoms with Gasteiger partial charge in [0.05, 0.1) is 6.10 Å². The highest BCUT2D eigenvalue weighted by Gasteiger charge is 2.22.